The number of rotatable bonds is 5. The molecule has 4 rings (SSSR count). The number of benzene rings is 1. The van der Waals surface area contributed by atoms with Gasteiger partial charge >= 0.3 is 0 Å². The molecule has 5 nitrogen and oxygen atoms in total. The molecule has 1 aromatic heterocycles. The van der Waals surface area contributed by atoms with Crippen molar-refractivity contribution in [2.45, 2.75) is 18.9 Å². The van der Waals surface area contributed by atoms with Gasteiger partial charge in [-0.2, -0.15) is 0 Å². The highest BCUT2D eigenvalue weighted by molar-refractivity contribution is 5.53. The summed E-state index contributed by atoms with van der Waals surface area (Å²) in [5.74, 6) is 0.721. The van der Waals surface area contributed by atoms with Crippen LogP contribution in [0.15, 0.2) is 49.3 Å². The fraction of sp³-hybridized carbons (Fsp3) is 0.400. The molecular formula is C20H25N5. The molecule has 1 aliphatic heterocycles. The van der Waals surface area contributed by atoms with E-state index in [0.29, 0.717) is 6.04 Å². The highest BCUT2D eigenvalue weighted by atomic mass is 15.3. The smallest absolute Gasteiger partial charge is 0.222 e. The van der Waals surface area contributed by atoms with Crippen LogP contribution >= 0.6 is 0 Å². The predicted molar refractivity (Wildman–Crippen MR) is 102 cm³/mol. The highest BCUT2D eigenvalue weighted by Crippen LogP contribution is 2.28. The second-order valence-electron chi connectivity index (χ2n) is 6.85. The van der Waals surface area contributed by atoms with E-state index in [0.717, 1.165) is 51.5 Å². The Labute approximate surface area is 149 Å². The van der Waals surface area contributed by atoms with Gasteiger partial charge in [0.2, 0.25) is 5.95 Å². The van der Waals surface area contributed by atoms with E-state index in [9.17, 15) is 0 Å². The molecule has 2 aromatic rings. The third-order valence-corrected chi connectivity index (χ3v) is 5.15. The standard InChI is InChI=1S/C20H25N5/c1-2-8-24-9-11-25(12-10-24)19-5-4-16-13-18(14-17(16)15-19)23-20-21-6-3-7-22-20/h2-7,15,18H,1,8-14H2,(H,21,22,23). The van der Waals surface area contributed by atoms with Gasteiger partial charge in [0, 0.05) is 56.8 Å². The Morgan fingerprint density at radius 2 is 1.84 bits per heavy atom. The molecule has 1 N–H and O–H groups in total. The minimum absolute atomic E-state index is 0.386. The second kappa shape index (κ2) is 7.23. The van der Waals surface area contributed by atoms with Crippen molar-refractivity contribution in [1.29, 1.82) is 0 Å². The summed E-state index contributed by atoms with van der Waals surface area (Å²) < 4.78 is 0. The molecule has 5 heteroatoms. The lowest BCUT2D eigenvalue weighted by Gasteiger charge is -2.35. The lowest BCUT2D eigenvalue weighted by molar-refractivity contribution is 0.284. The fourth-order valence-electron chi connectivity index (χ4n) is 3.83. The first-order valence-corrected chi connectivity index (χ1v) is 9.05. The van der Waals surface area contributed by atoms with Crippen molar-refractivity contribution < 1.29 is 0 Å². The number of piperazine rings is 1. The molecule has 1 atom stereocenters. The first-order chi connectivity index (χ1) is 12.3. The summed E-state index contributed by atoms with van der Waals surface area (Å²) in [5, 5.41) is 3.45. The molecule has 1 fully saturated rings. The summed E-state index contributed by atoms with van der Waals surface area (Å²) >= 11 is 0. The topological polar surface area (TPSA) is 44.3 Å². The van der Waals surface area contributed by atoms with E-state index >= 15 is 0 Å². The van der Waals surface area contributed by atoms with Gasteiger partial charge in [0.25, 0.3) is 0 Å². The second-order valence-corrected chi connectivity index (χ2v) is 6.85. The Balaban J connectivity index is 1.39. The SMILES string of the molecule is C=CCN1CCN(c2ccc3c(c2)CC(Nc2ncccn2)C3)CC1. The quantitative estimate of drug-likeness (QED) is 0.850. The van der Waals surface area contributed by atoms with Crippen LogP contribution in [0.5, 0.6) is 0 Å². The van der Waals surface area contributed by atoms with Crippen molar-refractivity contribution in [3.05, 3.63) is 60.4 Å². The molecule has 0 spiro atoms. The molecule has 1 saturated heterocycles. The first kappa shape index (κ1) is 16.1. The van der Waals surface area contributed by atoms with Crippen molar-refractivity contribution in [2.75, 3.05) is 42.9 Å². The van der Waals surface area contributed by atoms with Crippen LogP contribution in [0.25, 0.3) is 0 Å². The zero-order chi connectivity index (χ0) is 17.1. The molecule has 1 aliphatic carbocycles. The molecule has 1 unspecified atom stereocenters. The van der Waals surface area contributed by atoms with Crippen LogP contribution in [-0.2, 0) is 12.8 Å². The molecule has 25 heavy (non-hydrogen) atoms. The lowest BCUT2D eigenvalue weighted by Crippen LogP contribution is -2.46. The van der Waals surface area contributed by atoms with Crippen molar-refractivity contribution in [3.8, 4) is 0 Å². The Morgan fingerprint density at radius 1 is 1.08 bits per heavy atom. The molecule has 1 aromatic carbocycles. The van der Waals surface area contributed by atoms with Crippen molar-refractivity contribution in [3.63, 3.8) is 0 Å². The van der Waals surface area contributed by atoms with Crippen LogP contribution < -0.4 is 10.2 Å². The minimum Gasteiger partial charge on any atom is -0.369 e. The van der Waals surface area contributed by atoms with Gasteiger partial charge in [-0.3, -0.25) is 4.90 Å². The van der Waals surface area contributed by atoms with Crippen LogP contribution in [0.2, 0.25) is 0 Å². The number of nitrogens with zero attached hydrogens (tertiary/aromatic N) is 4. The minimum atomic E-state index is 0.386. The molecule has 0 radical (unpaired) electrons. The molecule has 0 saturated carbocycles. The van der Waals surface area contributed by atoms with Gasteiger partial charge < -0.3 is 10.2 Å². The van der Waals surface area contributed by atoms with E-state index in [1.807, 2.05) is 12.1 Å². The van der Waals surface area contributed by atoms with Crippen molar-refractivity contribution >= 4 is 11.6 Å². The van der Waals surface area contributed by atoms with Crippen LogP contribution in [0.3, 0.4) is 0 Å². The molecular weight excluding hydrogens is 310 g/mol. The summed E-state index contributed by atoms with van der Waals surface area (Å²) in [5.41, 5.74) is 4.26. The van der Waals surface area contributed by atoms with Crippen LogP contribution in [0.1, 0.15) is 11.1 Å². The molecule has 0 amide bonds. The summed E-state index contributed by atoms with van der Waals surface area (Å²) in [4.78, 5) is 13.5. The van der Waals surface area contributed by atoms with Gasteiger partial charge in [-0.05, 0) is 42.2 Å². The maximum atomic E-state index is 4.28. The van der Waals surface area contributed by atoms with E-state index < -0.39 is 0 Å². The average Bonchev–Trinajstić information content (AvgIpc) is 3.05. The van der Waals surface area contributed by atoms with Crippen molar-refractivity contribution in [2.24, 2.45) is 0 Å². The largest absolute Gasteiger partial charge is 0.369 e. The van der Waals surface area contributed by atoms with Crippen LogP contribution in [-0.4, -0.2) is 53.6 Å². The zero-order valence-corrected chi connectivity index (χ0v) is 14.6. The number of aromatic nitrogens is 2. The van der Waals surface area contributed by atoms with Gasteiger partial charge in [0.15, 0.2) is 0 Å². The van der Waals surface area contributed by atoms with E-state index in [4.69, 9.17) is 0 Å². The number of nitrogens with one attached hydrogen (secondary N) is 1. The number of hydrogen-bond donors (Lipinski definition) is 1. The van der Waals surface area contributed by atoms with Gasteiger partial charge in [-0.25, -0.2) is 9.97 Å². The van der Waals surface area contributed by atoms with Gasteiger partial charge in [0.1, 0.15) is 0 Å². The molecule has 2 aliphatic rings. The summed E-state index contributed by atoms with van der Waals surface area (Å²) in [6.45, 7) is 9.23. The Morgan fingerprint density at radius 3 is 2.60 bits per heavy atom. The van der Waals surface area contributed by atoms with Crippen LogP contribution in [0.4, 0.5) is 11.6 Å². The Kier molecular flexibility index (Phi) is 4.65. The average molecular weight is 335 g/mol. The Bertz CT molecular complexity index is 722. The maximum absolute atomic E-state index is 4.28. The Hall–Kier alpha value is -2.40. The normalized spacial score (nSPS) is 20.3. The third-order valence-electron chi connectivity index (χ3n) is 5.15. The van der Waals surface area contributed by atoms with E-state index in [1.165, 1.54) is 16.8 Å². The van der Waals surface area contributed by atoms with Crippen molar-refractivity contribution in [1.82, 2.24) is 14.9 Å². The number of hydrogen-bond acceptors (Lipinski definition) is 5. The molecule has 0 bridgehead atoms. The van der Waals surface area contributed by atoms with Crippen LogP contribution in [0, 0.1) is 0 Å². The number of fused-ring (bicyclic) bond motifs is 1. The van der Waals surface area contributed by atoms with E-state index in [2.05, 4.69) is 49.9 Å². The zero-order valence-electron chi connectivity index (χ0n) is 14.6. The predicted octanol–water partition coefficient (Wildman–Crippen LogP) is 2.36. The van der Waals surface area contributed by atoms with Gasteiger partial charge in [0.05, 0.1) is 0 Å². The summed E-state index contributed by atoms with van der Waals surface area (Å²) in [6, 6.07) is 9.19. The van der Waals surface area contributed by atoms with Gasteiger partial charge in [-0.1, -0.05) is 12.1 Å². The van der Waals surface area contributed by atoms with Gasteiger partial charge in [-0.15, -0.1) is 6.58 Å². The highest BCUT2D eigenvalue weighted by Gasteiger charge is 2.24. The first-order valence-electron chi connectivity index (χ1n) is 9.05. The fourth-order valence-corrected chi connectivity index (χ4v) is 3.83. The maximum Gasteiger partial charge on any atom is 0.222 e. The monoisotopic (exact) mass is 335 g/mol. The number of anilines is 2. The molecule has 2 heterocycles. The third kappa shape index (κ3) is 3.66. The summed E-state index contributed by atoms with van der Waals surface area (Å²) in [6.07, 6.45) is 7.64. The summed E-state index contributed by atoms with van der Waals surface area (Å²) in [7, 11) is 0. The lowest BCUT2D eigenvalue weighted by atomic mass is 10.1. The van der Waals surface area contributed by atoms with E-state index in [-0.39, 0.29) is 0 Å². The van der Waals surface area contributed by atoms with E-state index in [1.54, 1.807) is 12.4 Å². The molecule has 130 valence electrons.